The fourth-order valence-electron chi connectivity index (χ4n) is 2.95. The molecule has 1 aliphatic carbocycles. The standard InChI is InChI=1S/C17H29N5O2S.C2HF3O2/c1-17(2,3)16(24)20-12-4-6-13(7-5-12)21-19-9-15(23)22-11-25-10-14(22)8-18;3-2(4,5)1(6)7/h12-14,19,21H,4-7,9-11H2,1-3H3,(H,20,24);(H,6,7). The van der Waals surface area contributed by atoms with Crippen molar-refractivity contribution in [3.63, 3.8) is 0 Å². The molecule has 1 unspecified atom stereocenters. The van der Waals surface area contributed by atoms with Crippen molar-refractivity contribution >= 4 is 29.5 Å². The van der Waals surface area contributed by atoms with Gasteiger partial charge in [0.25, 0.3) is 0 Å². The molecule has 0 aromatic heterocycles. The number of carbonyl (C=O) groups is 3. The van der Waals surface area contributed by atoms with Crippen LogP contribution in [-0.2, 0) is 14.4 Å². The average Bonchev–Trinajstić information content (AvgIpc) is 3.17. The average molecular weight is 482 g/mol. The van der Waals surface area contributed by atoms with Crippen LogP contribution >= 0.6 is 11.8 Å². The summed E-state index contributed by atoms with van der Waals surface area (Å²) in [5, 5.41) is 19.3. The molecule has 13 heteroatoms. The molecule has 182 valence electrons. The van der Waals surface area contributed by atoms with Crippen LogP contribution in [0.3, 0.4) is 0 Å². The van der Waals surface area contributed by atoms with Crippen LogP contribution in [0.4, 0.5) is 13.2 Å². The molecular formula is C19H30F3N5O4S. The molecule has 2 aliphatic rings. The molecule has 9 nitrogen and oxygen atoms in total. The number of amides is 2. The van der Waals surface area contributed by atoms with Crippen molar-refractivity contribution in [2.24, 2.45) is 5.41 Å². The topological polar surface area (TPSA) is 135 Å². The lowest BCUT2D eigenvalue weighted by molar-refractivity contribution is -0.192. The van der Waals surface area contributed by atoms with E-state index >= 15 is 0 Å². The van der Waals surface area contributed by atoms with Gasteiger partial charge in [0.15, 0.2) is 0 Å². The number of carboxylic acids is 1. The number of rotatable bonds is 5. The number of nitrogens with zero attached hydrogens (tertiary/aromatic N) is 2. The van der Waals surface area contributed by atoms with Crippen LogP contribution in [-0.4, -0.2) is 70.3 Å². The first kappa shape index (κ1) is 28.0. The van der Waals surface area contributed by atoms with E-state index in [2.05, 4.69) is 22.2 Å². The minimum Gasteiger partial charge on any atom is -0.475 e. The molecule has 4 N–H and O–H groups in total. The second kappa shape index (κ2) is 12.3. The maximum Gasteiger partial charge on any atom is 0.490 e. The Morgan fingerprint density at radius 3 is 2.12 bits per heavy atom. The highest BCUT2D eigenvalue weighted by atomic mass is 32.2. The Balaban J connectivity index is 0.000000633. The number of carbonyl (C=O) groups excluding carboxylic acids is 2. The van der Waals surface area contributed by atoms with Crippen LogP contribution < -0.4 is 16.2 Å². The first-order valence-electron chi connectivity index (χ1n) is 10.1. The number of alkyl halides is 3. The maximum absolute atomic E-state index is 12.1. The van der Waals surface area contributed by atoms with Crippen molar-refractivity contribution in [2.75, 3.05) is 18.2 Å². The predicted octanol–water partition coefficient (Wildman–Crippen LogP) is 1.61. The summed E-state index contributed by atoms with van der Waals surface area (Å²) >= 11 is 1.61. The molecule has 1 saturated carbocycles. The van der Waals surface area contributed by atoms with Crippen LogP contribution in [0.2, 0.25) is 0 Å². The fraction of sp³-hybridized carbons (Fsp3) is 0.789. The Hall–Kier alpha value is -2.04. The first-order chi connectivity index (χ1) is 14.8. The lowest BCUT2D eigenvalue weighted by Crippen LogP contribution is -2.50. The third kappa shape index (κ3) is 9.62. The smallest absolute Gasteiger partial charge is 0.475 e. The second-order valence-electron chi connectivity index (χ2n) is 8.58. The predicted molar refractivity (Wildman–Crippen MR) is 112 cm³/mol. The molecule has 1 heterocycles. The number of nitriles is 1. The Labute approximate surface area is 189 Å². The van der Waals surface area contributed by atoms with Gasteiger partial charge in [0.1, 0.15) is 6.04 Å². The van der Waals surface area contributed by atoms with Crippen LogP contribution in [0.5, 0.6) is 0 Å². The van der Waals surface area contributed by atoms with Crippen molar-refractivity contribution in [3.8, 4) is 6.07 Å². The fourth-order valence-corrected chi connectivity index (χ4v) is 4.06. The van der Waals surface area contributed by atoms with Gasteiger partial charge in [-0.1, -0.05) is 20.8 Å². The van der Waals surface area contributed by atoms with Gasteiger partial charge in [0.2, 0.25) is 11.8 Å². The van der Waals surface area contributed by atoms with E-state index in [1.165, 1.54) is 0 Å². The zero-order chi connectivity index (χ0) is 24.5. The molecule has 0 bridgehead atoms. The number of aliphatic carboxylic acids is 1. The van der Waals surface area contributed by atoms with Crippen molar-refractivity contribution in [2.45, 2.75) is 70.8 Å². The molecule has 2 fully saturated rings. The van der Waals surface area contributed by atoms with Gasteiger partial charge in [0, 0.05) is 23.3 Å². The third-order valence-electron chi connectivity index (χ3n) is 4.88. The Bertz CT molecular complexity index is 701. The molecule has 0 aromatic rings. The summed E-state index contributed by atoms with van der Waals surface area (Å²) < 4.78 is 31.7. The van der Waals surface area contributed by atoms with Crippen LogP contribution in [0.25, 0.3) is 0 Å². The molecule has 0 spiro atoms. The van der Waals surface area contributed by atoms with E-state index in [-0.39, 0.29) is 35.9 Å². The quantitative estimate of drug-likeness (QED) is 0.435. The number of hydrogen-bond acceptors (Lipinski definition) is 7. The Kier molecular flexibility index (Phi) is 10.7. The van der Waals surface area contributed by atoms with E-state index in [0.717, 1.165) is 25.7 Å². The maximum atomic E-state index is 12.1. The number of hydrazine groups is 1. The zero-order valence-electron chi connectivity index (χ0n) is 18.3. The van der Waals surface area contributed by atoms with Crippen LogP contribution in [0, 0.1) is 16.7 Å². The molecule has 1 saturated heterocycles. The SMILES string of the molecule is CC(C)(C)C(=O)NC1CCC(NNCC(=O)N2CSCC2C#N)CC1.O=C(O)C(F)(F)F. The Morgan fingerprint density at radius 2 is 1.66 bits per heavy atom. The van der Waals surface area contributed by atoms with Gasteiger partial charge in [-0.15, -0.1) is 11.8 Å². The molecule has 1 atom stereocenters. The summed E-state index contributed by atoms with van der Waals surface area (Å²) in [5.41, 5.74) is 5.87. The minimum atomic E-state index is -5.08. The van der Waals surface area contributed by atoms with Crippen LogP contribution in [0.1, 0.15) is 46.5 Å². The number of hydrogen-bond donors (Lipinski definition) is 4. The van der Waals surface area contributed by atoms with E-state index in [9.17, 15) is 22.8 Å². The highest BCUT2D eigenvalue weighted by Gasteiger charge is 2.38. The van der Waals surface area contributed by atoms with Gasteiger partial charge in [-0.25, -0.2) is 10.2 Å². The lowest BCUT2D eigenvalue weighted by Gasteiger charge is -2.31. The van der Waals surface area contributed by atoms with E-state index in [1.54, 1.807) is 16.7 Å². The Morgan fingerprint density at radius 1 is 1.12 bits per heavy atom. The molecule has 0 aromatic carbocycles. The zero-order valence-corrected chi connectivity index (χ0v) is 19.1. The largest absolute Gasteiger partial charge is 0.490 e. The van der Waals surface area contributed by atoms with Crippen molar-refractivity contribution in [1.29, 1.82) is 5.26 Å². The molecule has 0 radical (unpaired) electrons. The lowest BCUT2D eigenvalue weighted by atomic mass is 9.89. The summed E-state index contributed by atoms with van der Waals surface area (Å²) in [6.07, 6.45) is -1.30. The minimum absolute atomic E-state index is 0.0461. The highest BCUT2D eigenvalue weighted by molar-refractivity contribution is 7.99. The number of carboxylic acid groups (broad SMARTS) is 1. The highest BCUT2D eigenvalue weighted by Crippen LogP contribution is 2.21. The van der Waals surface area contributed by atoms with Gasteiger partial charge in [-0.3, -0.25) is 15.0 Å². The molecule has 2 amide bonds. The summed E-state index contributed by atoms with van der Waals surface area (Å²) in [6.45, 7) is 5.96. The summed E-state index contributed by atoms with van der Waals surface area (Å²) in [6, 6.07) is 2.40. The summed E-state index contributed by atoms with van der Waals surface area (Å²) in [4.78, 5) is 34.7. The first-order valence-corrected chi connectivity index (χ1v) is 11.3. The summed E-state index contributed by atoms with van der Waals surface area (Å²) in [5.74, 6) is -1.41. The normalized spacial score (nSPS) is 23.5. The van der Waals surface area contributed by atoms with Crippen LogP contribution in [0.15, 0.2) is 0 Å². The number of nitrogens with one attached hydrogen (secondary N) is 3. The van der Waals surface area contributed by atoms with Gasteiger partial charge in [-0.05, 0) is 25.7 Å². The molecule has 1 aliphatic heterocycles. The molecule has 32 heavy (non-hydrogen) atoms. The summed E-state index contributed by atoms with van der Waals surface area (Å²) in [7, 11) is 0. The van der Waals surface area contributed by atoms with Gasteiger partial charge >= 0.3 is 12.1 Å². The van der Waals surface area contributed by atoms with Gasteiger partial charge in [0.05, 0.1) is 18.5 Å². The van der Waals surface area contributed by atoms with Crippen molar-refractivity contribution in [3.05, 3.63) is 0 Å². The van der Waals surface area contributed by atoms with Gasteiger partial charge in [-0.2, -0.15) is 18.4 Å². The number of thioether (sulfide) groups is 1. The van der Waals surface area contributed by atoms with Crippen molar-refractivity contribution < 1.29 is 32.7 Å². The van der Waals surface area contributed by atoms with E-state index < -0.39 is 12.1 Å². The third-order valence-corrected chi connectivity index (χ3v) is 5.90. The second-order valence-corrected chi connectivity index (χ2v) is 9.58. The van der Waals surface area contributed by atoms with E-state index in [4.69, 9.17) is 15.2 Å². The van der Waals surface area contributed by atoms with E-state index in [1.807, 2.05) is 20.8 Å². The molecule has 2 rings (SSSR count). The van der Waals surface area contributed by atoms with Crippen molar-refractivity contribution in [1.82, 2.24) is 21.1 Å². The van der Waals surface area contributed by atoms with Gasteiger partial charge < -0.3 is 15.3 Å². The molecular weight excluding hydrogens is 451 g/mol. The monoisotopic (exact) mass is 481 g/mol. The number of halogens is 3. The van der Waals surface area contributed by atoms with E-state index in [0.29, 0.717) is 17.7 Å².